The molecule has 1 heterocycles. The molecule has 2 atom stereocenters. The molecule has 0 aromatic heterocycles. The van der Waals surface area contributed by atoms with Crippen molar-refractivity contribution in [3.63, 3.8) is 0 Å². The van der Waals surface area contributed by atoms with Crippen LogP contribution >= 0.6 is 27.5 Å². The fraction of sp³-hybridized carbons (Fsp3) is 0.136. The smallest absolute Gasteiger partial charge is 0.126 e. The molecule has 0 amide bonds. The van der Waals surface area contributed by atoms with Gasteiger partial charge in [0.15, 0.2) is 0 Å². The highest BCUT2D eigenvalue weighted by Crippen LogP contribution is 2.34. The van der Waals surface area contributed by atoms with E-state index in [0.29, 0.717) is 11.4 Å². The third-order valence-corrected chi connectivity index (χ3v) is 5.46. The van der Waals surface area contributed by atoms with Crippen LogP contribution in [0.4, 0.5) is 0 Å². The van der Waals surface area contributed by atoms with E-state index in [9.17, 15) is 5.11 Å². The molecule has 2 N–H and O–H groups in total. The zero-order chi connectivity index (χ0) is 18.8. The van der Waals surface area contributed by atoms with Crippen molar-refractivity contribution in [2.75, 3.05) is 0 Å². The SMILES string of the molecule is Oc1ccccc1[C@@H]1CC(c2cccc(Cl)c2)=N[C@H](c2ccc(Br)cc2)N1. The molecule has 4 rings (SSSR count). The lowest BCUT2D eigenvalue weighted by atomic mass is 9.93. The van der Waals surface area contributed by atoms with E-state index in [1.54, 1.807) is 6.07 Å². The van der Waals surface area contributed by atoms with Gasteiger partial charge >= 0.3 is 0 Å². The minimum atomic E-state index is -0.203. The van der Waals surface area contributed by atoms with Gasteiger partial charge in [-0.05, 0) is 41.5 Å². The number of para-hydroxylation sites is 1. The van der Waals surface area contributed by atoms with Crippen LogP contribution < -0.4 is 5.32 Å². The van der Waals surface area contributed by atoms with Crippen LogP contribution in [0.5, 0.6) is 5.75 Å². The Bertz CT molecular complexity index is 988. The lowest BCUT2D eigenvalue weighted by Crippen LogP contribution is -2.33. The van der Waals surface area contributed by atoms with Gasteiger partial charge in [0, 0.05) is 33.2 Å². The number of rotatable bonds is 3. The Labute approximate surface area is 171 Å². The van der Waals surface area contributed by atoms with Crippen LogP contribution in [0.25, 0.3) is 0 Å². The molecule has 0 unspecified atom stereocenters. The van der Waals surface area contributed by atoms with E-state index >= 15 is 0 Å². The van der Waals surface area contributed by atoms with Crippen molar-refractivity contribution in [3.8, 4) is 5.75 Å². The number of nitrogens with one attached hydrogen (secondary N) is 1. The Morgan fingerprint density at radius 1 is 1.00 bits per heavy atom. The van der Waals surface area contributed by atoms with Crippen LogP contribution in [-0.2, 0) is 0 Å². The number of phenolic OH excluding ortho intramolecular Hbond substituents is 1. The number of hydrogen-bond acceptors (Lipinski definition) is 3. The van der Waals surface area contributed by atoms with Crippen molar-refractivity contribution < 1.29 is 5.11 Å². The summed E-state index contributed by atoms with van der Waals surface area (Å²) in [5.41, 5.74) is 3.91. The van der Waals surface area contributed by atoms with Gasteiger partial charge in [0.25, 0.3) is 0 Å². The Hall–Kier alpha value is -2.14. The molecule has 0 bridgehead atoms. The van der Waals surface area contributed by atoms with Crippen molar-refractivity contribution in [3.05, 3.63) is 99.0 Å². The number of nitrogens with zero attached hydrogens (tertiary/aromatic N) is 1. The summed E-state index contributed by atoms with van der Waals surface area (Å²) in [7, 11) is 0. The second-order valence-electron chi connectivity index (χ2n) is 6.52. The zero-order valence-corrected chi connectivity index (χ0v) is 16.8. The van der Waals surface area contributed by atoms with Gasteiger partial charge in [-0.2, -0.15) is 0 Å². The monoisotopic (exact) mass is 440 g/mol. The second-order valence-corrected chi connectivity index (χ2v) is 7.87. The van der Waals surface area contributed by atoms with Crippen LogP contribution in [0.1, 0.15) is 35.3 Å². The molecular formula is C22H18BrClN2O. The maximum Gasteiger partial charge on any atom is 0.126 e. The van der Waals surface area contributed by atoms with Gasteiger partial charge < -0.3 is 5.11 Å². The lowest BCUT2D eigenvalue weighted by Gasteiger charge is -2.31. The summed E-state index contributed by atoms with van der Waals surface area (Å²) >= 11 is 9.68. The van der Waals surface area contributed by atoms with E-state index in [4.69, 9.17) is 16.6 Å². The fourth-order valence-corrected chi connectivity index (χ4v) is 3.80. The summed E-state index contributed by atoms with van der Waals surface area (Å²) in [6.45, 7) is 0. The summed E-state index contributed by atoms with van der Waals surface area (Å²) in [6, 6.07) is 23.3. The van der Waals surface area contributed by atoms with E-state index in [2.05, 4.69) is 21.2 Å². The van der Waals surface area contributed by atoms with Crippen LogP contribution in [0.15, 0.2) is 82.3 Å². The minimum Gasteiger partial charge on any atom is -0.508 e. The molecule has 3 nitrogen and oxygen atoms in total. The Morgan fingerprint density at radius 3 is 2.52 bits per heavy atom. The van der Waals surface area contributed by atoms with Gasteiger partial charge in [-0.3, -0.25) is 10.3 Å². The number of phenols is 1. The normalized spacial score (nSPS) is 19.6. The molecule has 0 saturated heterocycles. The average molecular weight is 442 g/mol. The third kappa shape index (κ3) is 4.08. The molecule has 136 valence electrons. The predicted octanol–water partition coefficient (Wildman–Crippen LogP) is 6.03. The molecule has 1 aliphatic heterocycles. The molecule has 0 spiro atoms. The first-order chi connectivity index (χ1) is 13.1. The van der Waals surface area contributed by atoms with Gasteiger partial charge in [-0.1, -0.05) is 70.0 Å². The number of halogens is 2. The number of hydrogen-bond donors (Lipinski definition) is 2. The van der Waals surface area contributed by atoms with Gasteiger partial charge in [-0.15, -0.1) is 0 Å². The average Bonchev–Trinajstić information content (AvgIpc) is 2.68. The molecule has 3 aromatic carbocycles. The molecule has 5 heteroatoms. The van der Waals surface area contributed by atoms with Crippen molar-refractivity contribution >= 4 is 33.2 Å². The molecule has 0 aliphatic carbocycles. The summed E-state index contributed by atoms with van der Waals surface area (Å²) in [5, 5.41) is 14.6. The highest BCUT2D eigenvalue weighted by molar-refractivity contribution is 9.10. The maximum atomic E-state index is 10.3. The molecular weight excluding hydrogens is 424 g/mol. The standard InChI is InChI=1S/C22H18BrClN2O/c23-16-10-8-14(9-11-16)22-25-19(15-4-3-5-17(24)12-15)13-20(26-22)18-6-1-2-7-21(18)27/h1-12,20,22,26-27H,13H2/t20-,22-/m0/s1. The molecule has 3 aromatic rings. The number of benzene rings is 3. The summed E-state index contributed by atoms with van der Waals surface area (Å²) in [4.78, 5) is 4.95. The molecule has 27 heavy (non-hydrogen) atoms. The van der Waals surface area contributed by atoms with Crippen molar-refractivity contribution in [1.82, 2.24) is 5.32 Å². The van der Waals surface area contributed by atoms with E-state index in [1.165, 1.54) is 0 Å². The highest BCUT2D eigenvalue weighted by atomic mass is 79.9. The topological polar surface area (TPSA) is 44.6 Å². The molecule has 0 fully saturated rings. The van der Waals surface area contributed by atoms with Crippen molar-refractivity contribution in [2.24, 2.45) is 4.99 Å². The largest absolute Gasteiger partial charge is 0.508 e. The van der Waals surface area contributed by atoms with Crippen LogP contribution in [0.2, 0.25) is 5.02 Å². The Kier molecular flexibility index (Phi) is 5.30. The van der Waals surface area contributed by atoms with Crippen molar-refractivity contribution in [2.45, 2.75) is 18.6 Å². The van der Waals surface area contributed by atoms with Crippen LogP contribution in [-0.4, -0.2) is 10.8 Å². The van der Waals surface area contributed by atoms with Gasteiger partial charge in [0.1, 0.15) is 11.9 Å². The number of aromatic hydroxyl groups is 1. The first-order valence-electron chi connectivity index (χ1n) is 8.72. The first kappa shape index (κ1) is 18.2. The second kappa shape index (κ2) is 7.85. The zero-order valence-electron chi connectivity index (χ0n) is 14.4. The molecule has 0 radical (unpaired) electrons. The lowest BCUT2D eigenvalue weighted by molar-refractivity contribution is 0.412. The number of aliphatic imine (C=N–C) groups is 1. The van der Waals surface area contributed by atoms with Gasteiger partial charge in [-0.25, -0.2) is 0 Å². The van der Waals surface area contributed by atoms with Crippen LogP contribution in [0.3, 0.4) is 0 Å². The van der Waals surface area contributed by atoms with E-state index in [-0.39, 0.29) is 18.0 Å². The molecule has 1 aliphatic rings. The van der Waals surface area contributed by atoms with Crippen molar-refractivity contribution in [1.29, 1.82) is 0 Å². The van der Waals surface area contributed by atoms with Gasteiger partial charge in [0.2, 0.25) is 0 Å². The minimum absolute atomic E-state index is 0.0497. The quantitative estimate of drug-likeness (QED) is 0.521. The fourth-order valence-electron chi connectivity index (χ4n) is 3.35. The van der Waals surface area contributed by atoms with Gasteiger partial charge in [0.05, 0.1) is 0 Å². The van der Waals surface area contributed by atoms with E-state index in [1.807, 2.05) is 66.7 Å². The first-order valence-corrected chi connectivity index (χ1v) is 9.89. The summed E-state index contributed by atoms with van der Waals surface area (Å²) in [5.74, 6) is 0.289. The summed E-state index contributed by atoms with van der Waals surface area (Å²) < 4.78 is 1.03. The highest BCUT2D eigenvalue weighted by Gasteiger charge is 2.27. The Morgan fingerprint density at radius 2 is 1.78 bits per heavy atom. The summed E-state index contributed by atoms with van der Waals surface area (Å²) in [6.07, 6.45) is 0.468. The van der Waals surface area contributed by atoms with Crippen LogP contribution in [0, 0.1) is 0 Å². The molecule has 0 saturated carbocycles. The third-order valence-electron chi connectivity index (χ3n) is 4.70. The Balaban J connectivity index is 1.76. The van der Waals surface area contributed by atoms with E-state index < -0.39 is 0 Å². The van der Waals surface area contributed by atoms with E-state index in [0.717, 1.165) is 26.9 Å². The predicted molar refractivity (Wildman–Crippen MR) is 113 cm³/mol. The maximum absolute atomic E-state index is 10.3.